The molecule has 3 atom stereocenters. The monoisotopic (exact) mass is 652 g/mol. The zero-order valence-corrected chi connectivity index (χ0v) is 25.8. The van der Waals surface area contributed by atoms with Crippen molar-refractivity contribution in [3.8, 4) is 11.5 Å². The first-order chi connectivity index (χ1) is 21.6. The van der Waals surface area contributed by atoms with Crippen LogP contribution in [0.2, 0.25) is 0 Å². The fourth-order valence-corrected chi connectivity index (χ4v) is 8.08. The van der Waals surface area contributed by atoms with E-state index in [0.29, 0.717) is 10.7 Å². The molecular weight excluding hydrogens is 624 g/mol. The van der Waals surface area contributed by atoms with Gasteiger partial charge < -0.3 is 25.0 Å². The summed E-state index contributed by atoms with van der Waals surface area (Å²) in [7, 11) is 2.88. The summed E-state index contributed by atoms with van der Waals surface area (Å²) in [5.74, 6) is -4.79. The number of esters is 1. The number of nitrogens with zero attached hydrogens (tertiary/aromatic N) is 5. The number of methoxy groups -OCH3 is 1. The Kier molecular flexibility index (Phi) is 8.28. The third-order valence-corrected chi connectivity index (χ3v) is 10.4. The fraction of sp³-hybridized carbons (Fsp3) is 0.345. The number of aromatic nitrogens is 4. The normalized spacial score (nSPS) is 21.1. The lowest BCUT2D eigenvalue weighted by Gasteiger charge is -2.56. The lowest BCUT2D eigenvalue weighted by atomic mass is 9.94. The van der Waals surface area contributed by atoms with E-state index < -0.39 is 40.8 Å². The highest BCUT2D eigenvalue weighted by Gasteiger charge is 2.67. The summed E-state index contributed by atoms with van der Waals surface area (Å²) in [6.07, 6.45) is 2.82. The van der Waals surface area contributed by atoms with Crippen LogP contribution in [0.4, 0.5) is 0 Å². The van der Waals surface area contributed by atoms with E-state index in [9.17, 15) is 29.4 Å². The molecule has 3 N–H and O–H groups in total. The minimum Gasteiger partial charge on any atom is -0.508 e. The lowest BCUT2D eigenvalue weighted by molar-refractivity contribution is -0.193. The zero-order chi connectivity index (χ0) is 31.9. The maximum absolute atomic E-state index is 13.9. The summed E-state index contributed by atoms with van der Waals surface area (Å²) in [6, 6.07) is 10.8. The van der Waals surface area contributed by atoms with Crippen molar-refractivity contribution in [3.63, 3.8) is 0 Å². The number of carboxylic acid groups (broad SMARTS) is 1. The molecule has 3 aliphatic rings. The molecule has 14 nitrogen and oxygen atoms in total. The van der Waals surface area contributed by atoms with Gasteiger partial charge in [0.1, 0.15) is 22.6 Å². The molecule has 0 spiro atoms. The SMILES string of the molecule is CO[C@@]1(NC(=O)C(C(=O)Oc2ccc3c(c2)CCC3)c2ccc(O)cc2)C(=O)N2C(C(=O)O)=C(CSc3nnnn3C)CS[C@@H]21. The molecule has 3 heterocycles. The molecule has 0 bridgehead atoms. The summed E-state index contributed by atoms with van der Waals surface area (Å²) in [6.45, 7) is 0. The van der Waals surface area contributed by atoms with Crippen molar-refractivity contribution in [2.45, 2.75) is 41.4 Å². The van der Waals surface area contributed by atoms with Gasteiger partial charge in [-0.2, -0.15) is 0 Å². The quantitative estimate of drug-likeness (QED) is 0.0717. The number of aryl methyl sites for hydroxylation is 3. The molecule has 16 heteroatoms. The molecule has 1 saturated heterocycles. The number of carboxylic acids is 1. The van der Waals surface area contributed by atoms with E-state index in [1.54, 1.807) is 19.2 Å². The lowest BCUT2D eigenvalue weighted by Crippen LogP contribution is -2.81. The largest absolute Gasteiger partial charge is 0.508 e. The molecule has 0 saturated carbocycles. The number of benzene rings is 2. The molecule has 3 aromatic rings. The smallest absolute Gasteiger partial charge is 0.352 e. The maximum atomic E-state index is 13.9. The summed E-state index contributed by atoms with van der Waals surface area (Å²) in [4.78, 5) is 54.6. The number of hydrogen-bond donors (Lipinski definition) is 3. The van der Waals surface area contributed by atoms with Crippen molar-refractivity contribution in [3.05, 3.63) is 70.4 Å². The highest BCUT2D eigenvalue weighted by Crippen LogP contribution is 2.47. The van der Waals surface area contributed by atoms with Gasteiger partial charge in [-0.25, -0.2) is 9.48 Å². The number of nitrogens with one attached hydrogen (secondary N) is 1. The number of amides is 2. The van der Waals surface area contributed by atoms with Crippen LogP contribution in [0.15, 0.2) is 58.9 Å². The van der Waals surface area contributed by atoms with Crippen LogP contribution in [0.5, 0.6) is 11.5 Å². The molecule has 0 radical (unpaired) electrons. The number of carbonyl (C=O) groups is 4. The average Bonchev–Trinajstić information content (AvgIpc) is 3.67. The minimum atomic E-state index is -1.95. The van der Waals surface area contributed by atoms with Crippen LogP contribution in [0.1, 0.15) is 29.0 Å². The van der Waals surface area contributed by atoms with Crippen LogP contribution in [0.25, 0.3) is 0 Å². The van der Waals surface area contributed by atoms with Crippen LogP contribution in [-0.4, -0.2) is 88.8 Å². The summed E-state index contributed by atoms with van der Waals surface area (Å²) in [5.41, 5.74) is 0.793. The minimum absolute atomic E-state index is 0.0703. The molecule has 6 rings (SSSR count). The van der Waals surface area contributed by atoms with Crippen molar-refractivity contribution in [2.75, 3.05) is 18.6 Å². The van der Waals surface area contributed by atoms with Gasteiger partial charge in [0.15, 0.2) is 5.92 Å². The Morgan fingerprint density at radius 1 is 1.18 bits per heavy atom. The van der Waals surface area contributed by atoms with Gasteiger partial charge in [0, 0.05) is 25.7 Å². The highest BCUT2D eigenvalue weighted by atomic mass is 32.2. The second-order valence-corrected chi connectivity index (χ2v) is 12.6. The van der Waals surface area contributed by atoms with Crippen LogP contribution in [-0.2, 0) is 43.8 Å². The number of phenols is 1. The Balaban J connectivity index is 1.25. The molecule has 2 aromatic carbocycles. The maximum Gasteiger partial charge on any atom is 0.352 e. The van der Waals surface area contributed by atoms with Crippen LogP contribution >= 0.6 is 23.5 Å². The van der Waals surface area contributed by atoms with Gasteiger partial charge in [0.2, 0.25) is 11.1 Å². The zero-order valence-electron chi connectivity index (χ0n) is 24.1. The van der Waals surface area contributed by atoms with E-state index in [1.807, 2.05) is 6.07 Å². The topological polar surface area (TPSA) is 186 Å². The summed E-state index contributed by atoms with van der Waals surface area (Å²) in [5, 5.41) is 33.3. The number of ether oxygens (including phenoxy) is 2. The number of aromatic hydroxyl groups is 1. The van der Waals surface area contributed by atoms with E-state index in [-0.39, 0.29) is 34.3 Å². The predicted octanol–water partition coefficient (Wildman–Crippen LogP) is 1.60. The molecule has 1 aliphatic carbocycles. The molecule has 1 unspecified atom stereocenters. The first-order valence-corrected chi connectivity index (χ1v) is 15.9. The van der Waals surface area contributed by atoms with Crippen molar-refractivity contribution < 1.29 is 38.9 Å². The van der Waals surface area contributed by atoms with Gasteiger partial charge >= 0.3 is 11.9 Å². The summed E-state index contributed by atoms with van der Waals surface area (Å²) >= 11 is 2.44. The Morgan fingerprint density at radius 3 is 2.62 bits per heavy atom. The van der Waals surface area contributed by atoms with Gasteiger partial charge in [-0.1, -0.05) is 30.0 Å². The second-order valence-electron chi connectivity index (χ2n) is 10.6. The number of phenolic OH excluding ortho intramolecular Hbond substituents is 1. The van der Waals surface area contributed by atoms with Crippen LogP contribution < -0.4 is 10.1 Å². The molecule has 2 amide bonds. The van der Waals surface area contributed by atoms with Crippen molar-refractivity contribution >= 4 is 47.3 Å². The Hall–Kier alpha value is -4.41. The van der Waals surface area contributed by atoms with Gasteiger partial charge in [-0.05, 0) is 76.2 Å². The Labute approximate surface area is 265 Å². The fourth-order valence-electron chi connectivity index (χ4n) is 5.65. The number of hydrogen-bond acceptors (Lipinski definition) is 12. The number of rotatable bonds is 10. The second kappa shape index (κ2) is 12.2. The molecular formula is C29H28N6O8S2. The van der Waals surface area contributed by atoms with Crippen molar-refractivity contribution in [1.82, 2.24) is 30.4 Å². The van der Waals surface area contributed by atoms with Gasteiger partial charge in [-0.3, -0.25) is 19.3 Å². The Bertz CT molecular complexity index is 1730. The van der Waals surface area contributed by atoms with E-state index in [4.69, 9.17) is 9.47 Å². The number of thioether (sulfide) groups is 2. The van der Waals surface area contributed by atoms with Crippen molar-refractivity contribution in [2.24, 2.45) is 7.05 Å². The first kappa shape index (κ1) is 30.6. The number of tetrazole rings is 1. The van der Waals surface area contributed by atoms with Crippen LogP contribution in [0, 0.1) is 0 Å². The first-order valence-electron chi connectivity index (χ1n) is 13.9. The average molecular weight is 653 g/mol. The van der Waals surface area contributed by atoms with Gasteiger partial charge in [0.25, 0.3) is 11.6 Å². The van der Waals surface area contributed by atoms with Gasteiger partial charge in [0.05, 0.1) is 0 Å². The number of fused-ring (bicyclic) bond motifs is 2. The molecule has 1 fully saturated rings. The van der Waals surface area contributed by atoms with E-state index in [0.717, 1.165) is 29.7 Å². The predicted molar refractivity (Wildman–Crippen MR) is 160 cm³/mol. The number of aliphatic carboxylic acids is 1. The highest BCUT2D eigenvalue weighted by molar-refractivity contribution is 8.01. The number of β-lactam (4-membered cyclic amide) rings is 1. The van der Waals surface area contributed by atoms with Crippen LogP contribution in [0.3, 0.4) is 0 Å². The van der Waals surface area contributed by atoms with E-state index in [1.165, 1.54) is 65.1 Å². The summed E-state index contributed by atoms with van der Waals surface area (Å²) < 4.78 is 12.7. The van der Waals surface area contributed by atoms with E-state index >= 15 is 0 Å². The molecule has 45 heavy (non-hydrogen) atoms. The van der Waals surface area contributed by atoms with E-state index in [2.05, 4.69) is 20.8 Å². The van der Waals surface area contributed by atoms with Gasteiger partial charge in [-0.15, -0.1) is 16.9 Å². The molecule has 2 aliphatic heterocycles. The van der Waals surface area contributed by atoms with Crippen molar-refractivity contribution in [1.29, 1.82) is 0 Å². The Morgan fingerprint density at radius 2 is 1.93 bits per heavy atom. The standard InChI is InChI=1S/C29H28N6O8S2/c1-34-28(31-32-33-34)45-14-18-13-44-27-29(42-2,26(41)35(27)22(18)24(38)39)30-23(37)21(16-6-9-19(36)10-7-16)25(40)43-20-11-8-15-4-3-5-17(15)12-20/h6-12,21,27,36H,3-5,13-14H2,1-2H3,(H,30,37)(H,38,39)/t21?,27-,29+/m1/s1. The third kappa shape index (κ3) is 5.53. The number of carbonyl (C=O) groups excluding carboxylic acids is 3. The molecule has 1 aromatic heterocycles. The third-order valence-electron chi connectivity index (χ3n) is 7.91. The molecule has 234 valence electrons.